The van der Waals surface area contributed by atoms with Gasteiger partial charge in [0.1, 0.15) is 0 Å². The third kappa shape index (κ3) is 2.89. The summed E-state index contributed by atoms with van der Waals surface area (Å²) in [7, 11) is 0. The zero-order valence-corrected chi connectivity index (χ0v) is 10.1. The summed E-state index contributed by atoms with van der Waals surface area (Å²) in [5, 5.41) is 3.25. The minimum atomic E-state index is -0.591. The zero-order chi connectivity index (χ0) is 13.0. The Morgan fingerprint density at radius 1 is 1.50 bits per heavy atom. The minimum absolute atomic E-state index is 0.176. The molecular weight excluding hydrogens is 234 g/mol. The van der Waals surface area contributed by atoms with Crippen molar-refractivity contribution in [3.05, 3.63) is 28.7 Å². The van der Waals surface area contributed by atoms with E-state index in [1.165, 1.54) is 0 Å². The van der Waals surface area contributed by atoms with E-state index in [1.807, 2.05) is 0 Å². The molecule has 0 unspecified atom stereocenters. The predicted octanol–water partition coefficient (Wildman–Crippen LogP) is -0.363. The van der Waals surface area contributed by atoms with Crippen LogP contribution >= 0.6 is 0 Å². The van der Waals surface area contributed by atoms with Crippen LogP contribution in [0, 0.1) is 0 Å². The maximum Gasteiger partial charge on any atom is 0.293 e. The van der Waals surface area contributed by atoms with Crippen LogP contribution in [0.1, 0.15) is 18.9 Å². The highest BCUT2D eigenvalue weighted by Gasteiger charge is 2.17. The second kappa shape index (κ2) is 5.68. The summed E-state index contributed by atoms with van der Waals surface area (Å²) in [5.74, 6) is -0.415. The van der Waals surface area contributed by atoms with Gasteiger partial charge < -0.3 is 20.4 Å². The lowest BCUT2D eigenvalue weighted by Crippen LogP contribution is -2.34. The molecule has 1 aliphatic rings. The van der Waals surface area contributed by atoms with E-state index in [0.717, 1.165) is 25.9 Å². The molecule has 1 aromatic heterocycles. The molecule has 1 saturated heterocycles. The van der Waals surface area contributed by atoms with Gasteiger partial charge in [-0.25, -0.2) is 0 Å². The Hall–Kier alpha value is -1.82. The number of hydrogen-bond donors (Lipinski definition) is 2. The van der Waals surface area contributed by atoms with E-state index in [9.17, 15) is 9.59 Å². The van der Waals surface area contributed by atoms with Crippen LogP contribution in [0.3, 0.4) is 0 Å². The third-order valence-corrected chi connectivity index (χ3v) is 3.01. The first-order valence-electron chi connectivity index (χ1n) is 6.01. The number of primary amides is 1. The molecule has 18 heavy (non-hydrogen) atoms. The first kappa shape index (κ1) is 12.6. The molecule has 6 heteroatoms. The fourth-order valence-corrected chi connectivity index (χ4v) is 2.12. The molecule has 6 nitrogen and oxygen atoms in total. The number of piperidine rings is 1. The highest BCUT2D eigenvalue weighted by Crippen LogP contribution is 2.17. The van der Waals surface area contributed by atoms with Crippen molar-refractivity contribution in [2.24, 2.45) is 5.73 Å². The molecule has 0 radical (unpaired) electrons. The molecule has 0 saturated carbocycles. The minimum Gasteiger partial charge on any atom is -0.478 e. The van der Waals surface area contributed by atoms with Gasteiger partial charge in [-0.15, -0.1) is 0 Å². The van der Waals surface area contributed by atoms with Crippen LogP contribution in [-0.4, -0.2) is 30.2 Å². The first-order valence-corrected chi connectivity index (χ1v) is 6.01. The van der Waals surface area contributed by atoms with Crippen LogP contribution in [0.2, 0.25) is 0 Å². The number of pyridine rings is 1. The van der Waals surface area contributed by atoms with Crippen LogP contribution in [0.25, 0.3) is 0 Å². The molecule has 0 bridgehead atoms. The Balaban J connectivity index is 2.18. The number of hydrogen-bond acceptors (Lipinski definition) is 4. The fraction of sp³-hybridized carbons (Fsp3) is 0.500. The summed E-state index contributed by atoms with van der Waals surface area (Å²) in [6.07, 6.45) is 3.59. The molecule has 1 fully saturated rings. The molecule has 0 aliphatic carbocycles. The summed E-state index contributed by atoms with van der Waals surface area (Å²) in [6, 6.07) is 3.50. The standard InChI is InChI=1S/C12H17N3O3/c13-11(16)8-18-10-2-1-7-15(12(10)17)9-3-5-14-6-4-9/h1-2,7,9,14H,3-6,8H2,(H2,13,16). The second-order valence-electron chi connectivity index (χ2n) is 4.32. The smallest absolute Gasteiger partial charge is 0.293 e. The fourth-order valence-electron chi connectivity index (χ4n) is 2.12. The average molecular weight is 251 g/mol. The summed E-state index contributed by atoms with van der Waals surface area (Å²) < 4.78 is 6.78. The molecule has 3 N–H and O–H groups in total. The van der Waals surface area contributed by atoms with E-state index >= 15 is 0 Å². The Labute approximate surface area is 105 Å². The number of rotatable bonds is 4. The number of nitrogens with two attached hydrogens (primary N) is 1. The van der Waals surface area contributed by atoms with E-state index in [0.29, 0.717) is 0 Å². The molecular formula is C12H17N3O3. The van der Waals surface area contributed by atoms with Gasteiger partial charge in [-0.2, -0.15) is 0 Å². The molecule has 1 aromatic rings. The van der Waals surface area contributed by atoms with Gasteiger partial charge in [0.15, 0.2) is 12.4 Å². The Bertz CT molecular complexity index is 478. The zero-order valence-electron chi connectivity index (χ0n) is 10.1. The lowest BCUT2D eigenvalue weighted by Gasteiger charge is -2.24. The van der Waals surface area contributed by atoms with Crippen LogP contribution in [-0.2, 0) is 4.79 Å². The van der Waals surface area contributed by atoms with Gasteiger partial charge in [0.05, 0.1) is 0 Å². The number of amides is 1. The van der Waals surface area contributed by atoms with Gasteiger partial charge in [0.25, 0.3) is 11.5 Å². The van der Waals surface area contributed by atoms with Crippen molar-refractivity contribution in [2.75, 3.05) is 19.7 Å². The van der Waals surface area contributed by atoms with Crippen molar-refractivity contribution in [1.82, 2.24) is 9.88 Å². The van der Waals surface area contributed by atoms with Gasteiger partial charge in [0, 0.05) is 12.2 Å². The van der Waals surface area contributed by atoms with Gasteiger partial charge in [-0.1, -0.05) is 0 Å². The monoisotopic (exact) mass is 251 g/mol. The van der Waals surface area contributed by atoms with Crippen molar-refractivity contribution in [3.63, 3.8) is 0 Å². The van der Waals surface area contributed by atoms with Gasteiger partial charge in [-0.05, 0) is 38.1 Å². The maximum atomic E-state index is 12.1. The average Bonchev–Trinajstić information content (AvgIpc) is 2.38. The summed E-state index contributed by atoms with van der Waals surface area (Å²) in [6.45, 7) is 1.54. The van der Waals surface area contributed by atoms with Crippen LogP contribution in [0.5, 0.6) is 5.75 Å². The molecule has 98 valence electrons. The first-order chi connectivity index (χ1) is 8.68. The van der Waals surface area contributed by atoms with E-state index in [-0.39, 0.29) is 24.0 Å². The number of aromatic nitrogens is 1. The van der Waals surface area contributed by atoms with Crippen LogP contribution in [0.4, 0.5) is 0 Å². The topological polar surface area (TPSA) is 86.3 Å². The van der Waals surface area contributed by atoms with Crippen molar-refractivity contribution in [3.8, 4) is 5.75 Å². The molecule has 2 heterocycles. The molecule has 0 atom stereocenters. The molecule has 1 aliphatic heterocycles. The van der Waals surface area contributed by atoms with Gasteiger partial charge >= 0.3 is 0 Å². The number of ether oxygens (including phenoxy) is 1. The number of carbonyl (C=O) groups excluding carboxylic acids is 1. The van der Waals surface area contributed by atoms with E-state index in [2.05, 4.69) is 5.32 Å². The third-order valence-electron chi connectivity index (χ3n) is 3.01. The maximum absolute atomic E-state index is 12.1. The Kier molecular flexibility index (Phi) is 3.99. The largest absolute Gasteiger partial charge is 0.478 e. The number of nitrogens with one attached hydrogen (secondary N) is 1. The van der Waals surface area contributed by atoms with E-state index in [4.69, 9.17) is 10.5 Å². The molecule has 2 rings (SSSR count). The highest BCUT2D eigenvalue weighted by molar-refractivity contribution is 5.75. The molecule has 1 amide bonds. The van der Waals surface area contributed by atoms with Crippen molar-refractivity contribution in [1.29, 1.82) is 0 Å². The highest BCUT2D eigenvalue weighted by atomic mass is 16.5. The van der Waals surface area contributed by atoms with Crippen molar-refractivity contribution in [2.45, 2.75) is 18.9 Å². The quantitative estimate of drug-likeness (QED) is 0.765. The predicted molar refractivity (Wildman–Crippen MR) is 66.5 cm³/mol. The second-order valence-corrected chi connectivity index (χ2v) is 4.32. The van der Waals surface area contributed by atoms with Crippen molar-refractivity contribution >= 4 is 5.91 Å². The van der Waals surface area contributed by atoms with Gasteiger partial charge in [0.2, 0.25) is 0 Å². The summed E-state index contributed by atoms with van der Waals surface area (Å²) in [4.78, 5) is 22.8. The summed E-state index contributed by atoms with van der Waals surface area (Å²) >= 11 is 0. The summed E-state index contributed by atoms with van der Waals surface area (Å²) in [5.41, 5.74) is 4.79. The molecule has 0 spiro atoms. The number of carbonyl (C=O) groups is 1. The van der Waals surface area contributed by atoms with Crippen molar-refractivity contribution < 1.29 is 9.53 Å². The lowest BCUT2D eigenvalue weighted by molar-refractivity contribution is -0.119. The Morgan fingerprint density at radius 3 is 2.89 bits per heavy atom. The van der Waals surface area contributed by atoms with Gasteiger partial charge in [-0.3, -0.25) is 9.59 Å². The van der Waals surface area contributed by atoms with E-state index < -0.39 is 5.91 Å². The lowest BCUT2D eigenvalue weighted by atomic mass is 10.1. The normalized spacial score (nSPS) is 16.4. The van der Waals surface area contributed by atoms with E-state index in [1.54, 1.807) is 22.9 Å². The Morgan fingerprint density at radius 2 is 2.22 bits per heavy atom. The molecule has 0 aromatic carbocycles. The SMILES string of the molecule is NC(=O)COc1cccn(C2CCNCC2)c1=O. The van der Waals surface area contributed by atoms with Crippen LogP contribution in [0.15, 0.2) is 23.1 Å². The van der Waals surface area contributed by atoms with Crippen LogP contribution < -0.4 is 21.3 Å². The number of nitrogens with zero attached hydrogens (tertiary/aromatic N) is 1.